The summed E-state index contributed by atoms with van der Waals surface area (Å²) in [5, 5.41) is 16.7. The van der Waals surface area contributed by atoms with Gasteiger partial charge in [0, 0.05) is 6.07 Å². The predicted octanol–water partition coefficient (Wildman–Crippen LogP) is 1.18. The summed E-state index contributed by atoms with van der Waals surface area (Å²) in [5.41, 5.74) is 0.837. The zero-order valence-corrected chi connectivity index (χ0v) is 8.33. The van der Waals surface area contributed by atoms with Crippen LogP contribution in [0.5, 0.6) is 5.95 Å². The van der Waals surface area contributed by atoms with Crippen LogP contribution in [0.3, 0.4) is 0 Å². The normalized spacial score (nSPS) is 10.8. The minimum Gasteiger partial charge on any atom is -0.539 e. The van der Waals surface area contributed by atoms with Crippen LogP contribution in [-0.4, -0.2) is 5.27 Å². The number of nitrogens with zero attached hydrogens (tertiary/aromatic N) is 2. The third-order valence-electron chi connectivity index (χ3n) is 2.46. The Hall–Kier alpha value is -2.36. The maximum absolute atomic E-state index is 10.9. The van der Waals surface area contributed by atoms with Gasteiger partial charge in [-0.2, -0.15) is 0 Å². The molecule has 1 heterocycles. The Bertz CT molecular complexity index is 641. The summed E-state index contributed by atoms with van der Waals surface area (Å²) in [6, 6.07) is 13.7. The zero-order chi connectivity index (χ0) is 11.0. The van der Waals surface area contributed by atoms with Crippen molar-refractivity contribution < 1.29 is 14.3 Å². The van der Waals surface area contributed by atoms with Gasteiger partial charge >= 0.3 is 0 Å². The summed E-state index contributed by atoms with van der Waals surface area (Å²) >= 11 is 0. The van der Waals surface area contributed by atoms with Crippen LogP contribution in [0.15, 0.2) is 53.2 Å². The molecule has 0 N–H and O–H groups in total. The third-order valence-corrected chi connectivity index (χ3v) is 2.46. The lowest BCUT2D eigenvalue weighted by Crippen LogP contribution is -2.31. The van der Waals surface area contributed by atoms with E-state index in [0.717, 1.165) is 16.5 Å². The summed E-state index contributed by atoms with van der Waals surface area (Å²) in [6.07, 6.45) is 1.32. The van der Waals surface area contributed by atoms with Crippen LogP contribution >= 0.6 is 0 Å². The topological polar surface area (TPSA) is 53.0 Å². The summed E-state index contributed by atoms with van der Waals surface area (Å²) in [4.78, 5) is 0. The minimum atomic E-state index is -0.451. The van der Waals surface area contributed by atoms with Gasteiger partial charge in [0.2, 0.25) is 11.9 Å². The lowest BCUT2D eigenvalue weighted by molar-refractivity contribution is -0.669. The molecule has 0 aliphatic rings. The lowest BCUT2D eigenvalue weighted by Gasteiger charge is -1.97. The molecule has 3 rings (SSSR count). The fourth-order valence-electron chi connectivity index (χ4n) is 1.75. The van der Waals surface area contributed by atoms with E-state index in [-0.39, 0.29) is 0 Å². The summed E-state index contributed by atoms with van der Waals surface area (Å²) < 4.78 is 5.97. The maximum atomic E-state index is 10.9. The molecule has 0 saturated heterocycles. The molecule has 0 atom stereocenters. The monoisotopic (exact) mass is 212 g/mol. The van der Waals surface area contributed by atoms with E-state index in [9.17, 15) is 5.11 Å². The van der Waals surface area contributed by atoms with E-state index in [1.807, 2.05) is 42.5 Å². The van der Waals surface area contributed by atoms with Gasteiger partial charge in [-0.15, -0.1) is 0 Å². The van der Waals surface area contributed by atoms with Crippen LogP contribution in [0.25, 0.3) is 16.5 Å². The molecule has 16 heavy (non-hydrogen) atoms. The molecule has 0 bridgehead atoms. The van der Waals surface area contributed by atoms with Gasteiger partial charge in [-0.25, -0.2) is 0 Å². The van der Waals surface area contributed by atoms with Gasteiger partial charge in [0.15, 0.2) is 0 Å². The fourth-order valence-corrected chi connectivity index (χ4v) is 1.75. The molecular weight excluding hydrogens is 204 g/mol. The Balaban J connectivity index is 2.31. The van der Waals surface area contributed by atoms with Crippen molar-refractivity contribution in [1.82, 2.24) is 5.27 Å². The van der Waals surface area contributed by atoms with Crippen molar-refractivity contribution in [2.75, 3.05) is 0 Å². The highest BCUT2D eigenvalue weighted by molar-refractivity contribution is 5.88. The Morgan fingerprint density at radius 1 is 1.06 bits per heavy atom. The van der Waals surface area contributed by atoms with Gasteiger partial charge in [0.05, 0.1) is 10.7 Å². The van der Waals surface area contributed by atoms with Crippen LogP contribution < -0.4 is 9.79 Å². The predicted molar refractivity (Wildman–Crippen MR) is 55.0 cm³/mol. The second kappa shape index (κ2) is 3.34. The van der Waals surface area contributed by atoms with Gasteiger partial charge in [-0.3, -0.25) is 0 Å². The molecule has 1 aromatic heterocycles. The van der Waals surface area contributed by atoms with Crippen LogP contribution in [0, 0.1) is 0 Å². The highest BCUT2D eigenvalue weighted by Gasteiger charge is 2.12. The average molecular weight is 212 g/mol. The Labute approximate surface area is 91.3 Å². The summed E-state index contributed by atoms with van der Waals surface area (Å²) in [7, 11) is 0. The second-order valence-corrected chi connectivity index (χ2v) is 3.46. The molecule has 0 saturated carbocycles. The zero-order valence-electron chi connectivity index (χ0n) is 8.33. The van der Waals surface area contributed by atoms with Crippen molar-refractivity contribution in [1.29, 1.82) is 0 Å². The molecule has 0 spiro atoms. The standard InChI is InChI=1S/C12H8N2O2/c15-12-8-14(13-16-12)11-7-3-5-9-4-1-2-6-10(9)11/h1-8H. The van der Waals surface area contributed by atoms with Gasteiger partial charge < -0.3 is 9.63 Å². The molecule has 78 valence electrons. The highest BCUT2D eigenvalue weighted by atomic mass is 16.6. The number of fused-ring (bicyclic) bond motifs is 1. The quantitative estimate of drug-likeness (QED) is 0.569. The van der Waals surface area contributed by atoms with E-state index in [1.165, 1.54) is 10.9 Å². The maximum Gasteiger partial charge on any atom is 0.247 e. The Morgan fingerprint density at radius 2 is 1.88 bits per heavy atom. The van der Waals surface area contributed by atoms with E-state index < -0.39 is 5.95 Å². The molecule has 0 fully saturated rings. The van der Waals surface area contributed by atoms with E-state index in [4.69, 9.17) is 0 Å². The van der Waals surface area contributed by atoms with Gasteiger partial charge in [-0.1, -0.05) is 30.3 Å². The molecule has 0 aliphatic carbocycles. The molecular formula is C12H8N2O2. The largest absolute Gasteiger partial charge is 0.539 e. The van der Waals surface area contributed by atoms with E-state index in [0.29, 0.717) is 0 Å². The molecule has 0 amide bonds. The highest BCUT2D eigenvalue weighted by Crippen LogP contribution is 2.18. The van der Waals surface area contributed by atoms with Crippen molar-refractivity contribution in [3.63, 3.8) is 0 Å². The van der Waals surface area contributed by atoms with Crippen molar-refractivity contribution >= 4 is 10.8 Å². The second-order valence-electron chi connectivity index (χ2n) is 3.46. The van der Waals surface area contributed by atoms with E-state index >= 15 is 0 Å². The van der Waals surface area contributed by atoms with E-state index in [2.05, 4.69) is 9.79 Å². The Kier molecular flexibility index (Phi) is 1.86. The van der Waals surface area contributed by atoms with Crippen molar-refractivity contribution in [3.05, 3.63) is 48.7 Å². The van der Waals surface area contributed by atoms with Gasteiger partial charge in [-0.05, 0) is 16.1 Å². The molecule has 4 heteroatoms. The lowest BCUT2D eigenvalue weighted by atomic mass is 10.1. The number of benzene rings is 2. The third kappa shape index (κ3) is 1.32. The Morgan fingerprint density at radius 3 is 2.69 bits per heavy atom. The number of hydrogen-bond donors (Lipinski definition) is 0. The average Bonchev–Trinajstić information content (AvgIpc) is 2.75. The first kappa shape index (κ1) is 8.91. The van der Waals surface area contributed by atoms with Crippen LogP contribution in [0.1, 0.15) is 0 Å². The van der Waals surface area contributed by atoms with Gasteiger partial charge in [0.1, 0.15) is 5.95 Å². The minimum absolute atomic E-state index is 0.451. The first-order chi connectivity index (χ1) is 7.84. The molecule has 0 aliphatic heterocycles. The smallest absolute Gasteiger partial charge is 0.247 e. The van der Waals surface area contributed by atoms with Gasteiger partial charge in [0.25, 0.3) is 0 Å². The fraction of sp³-hybridized carbons (Fsp3) is 0. The van der Waals surface area contributed by atoms with Crippen LogP contribution in [-0.2, 0) is 0 Å². The van der Waals surface area contributed by atoms with Crippen molar-refractivity contribution in [2.45, 2.75) is 0 Å². The first-order valence-corrected chi connectivity index (χ1v) is 4.88. The molecule has 2 aromatic carbocycles. The van der Waals surface area contributed by atoms with E-state index in [1.54, 1.807) is 0 Å². The summed E-state index contributed by atoms with van der Waals surface area (Å²) in [6.45, 7) is 0. The number of hydrogen-bond acceptors (Lipinski definition) is 3. The molecule has 0 radical (unpaired) electrons. The van der Waals surface area contributed by atoms with Crippen molar-refractivity contribution in [3.8, 4) is 11.6 Å². The molecule has 0 unspecified atom stereocenters. The molecule has 3 aromatic rings. The molecule has 4 nitrogen and oxygen atoms in total. The van der Waals surface area contributed by atoms with Crippen LogP contribution in [0.2, 0.25) is 0 Å². The first-order valence-electron chi connectivity index (χ1n) is 4.88. The van der Waals surface area contributed by atoms with Crippen molar-refractivity contribution in [2.24, 2.45) is 0 Å². The SMILES string of the molecule is [O-]c1c[n+](-c2cccc3ccccc23)no1. The van der Waals surface area contributed by atoms with Crippen LogP contribution in [0.4, 0.5) is 0 Å². The summed E-state index contributed by atoms with van der Waals surface area (Å²) in [5.74, 6) is -0.451. The number of aromatic nitrogens is 2. The number of rotatable bonds is 1.